The number of carbonyl (C=O) groups is 1. The standard InChI is InChI=1S/C20H14ClFN2O2/c21-18-2-1-3-19(25)17(18)12-23-15-8-10-16(11-9-15)24-20(26)13-4-6-14(22)7-5-13/h1-12,25H,(H,24,26). The van der Waals surface area contributed by atoms with Gasteiger partial charge in [-0.05, 0) is 60.7 Å². The summed E-state index contributed by atoms with van der Waals surface area (Å²) in [5, 5.41) is 12.9. The maximum absolute atomic E-state index is 12.9. The first kappa shape index (κ1) is 17.6. The quantitative estimate of drug-likeness (QED) is 0.623. The normalized spacial score (nSPS) is 10.8. The summed E-state index contributed by atoms with van der Waals surface area (Å²) in [6, 6.07) is 17.0. The number of amides is 1. The monoisotopic (exact) mass is 368 g/mol. The molecule has 0 aliphatic heterocycles. The molecule has 1 amide bonds. The maximum Gasteiger partial charge on any atom is 0.255 e. The van der Waals surface area contributed by atoms with Crippen molar-refractivity contribution >= 4 is 35.1 Å². The van der Waals surface area contributed by atoms with Gasteiger partial charge in [0.15, 0.2) is 0 Å². The molecule has 0 saturated heterocycles. The number of benzene rings is 3. The number of nitrogens with zero attached hydrogens (tertiary/aromatic N) is 1. The zero-order chi connectivity index (χ0) is 18.5. The summed E-state index contributed by atoms with van der Waals surface area (Å²) in [6.07, 6.45) is 1.48. The number of carbonyl (C=O) groups excluding carboxylic acids is 1. The van der Waals surface area contributed by atoms with E-state index in [-0.39, 0.29) is 11.7 Å². The van der Waals surface area contributed by atoms with Gasteiger partial charge >= 0.3 is 0 Å². The number of phenols is 1. The summed E-state index contributed by atoms with van der Waals surface area (Å²) in [7, 11) is 0. The predicted molar refractivity (Wildman–Crippen MR) is 101 cm³/mol. The highest BCUT2D eigenvalue weighted by Crippen LogP contribution is 2.24. The predicted octanol–water partition coefficient (Wildman–Crippen LogP) is 5.19. The molecule has 0 aromatic heterocycles. The van der Waals surface area contributed by atoms with E-state index in [9.17, 15) is 14.3 Å². The van der Waals surface area contributed by atoms with Crippen LogP contribution in [0.25, 0.3) is 0 Å². The largest absolute Gasteiger partial charge is 0.507 e. The van der Waals surface area contributed by atoms with Crippen LogP contribution in [0.1, 0.15) is 15.9 Å². The van der Waals surface area contributed by atoms with Crippen LogP contribution in [0.3, 0.4) is 0 Å². The first-order valence-corrected chi connectivity index (χ1v) is 8.09. The van der Waals surface area contributed by atoms with Gasteiger partial charge in [-0.3, -0.25) is 9.79 Å². The fraction of sp³-hybridized carbons (Fsp3) is 0. The summed E-state index contributed by atoms with van der Waals surface area (Å²) < 4.78 is 12.9. The number of nitrogens with one attached hydrogen (secondary N) is 1. The number of phenolic OH excluding ortho intramolecular Hbond substituents is 1. The molecule has 4 nitrogen and oxygen atoms in total. The summed E-state index contributed by atoms with van der Waals surface area (Å²) in [6.45, 7) is 0. The highest BCUT2D eigenvalue weighted by molar-refractivity contribution is 6.33. The molecular formula is C20H14ClFN2O2. The van der Waals surface area contributed by atoms with Crippen molar-refractivity contribution in [2.75, 3.05) is 5.32 Å². The van der Waals surface area contributed by atoms with Gasteiger partial charge in [0.1, 0.15) is 11.6 Å². The van der Waals surface area contributed by atoms with Crippen LogP contribution in [-0.2, 0) is 0 Å². The summed E-state index contributed by atoms with van der Waals surface area (Å²) >= 11 is 6.02. The van der Waals surface area contributed by atoms with Crippen LogP contribution in [0.2, 0.25) is 5.02 Å². The van der Waals surface area contributed by atoms with Crippen LogP contribution >= 0.6 is 11.6 Å². The molecule has 0 spiro atoms. The van der Waals surface area contributed by atoms with E-state index in [0.717, 1.165) is 0 Å². The molecule has 2 N–H and O–H groups in total. The van der Waals surface area contributed by atoms with Gasteiger partial charge < -0.3 is 10.4 Å². The highest BCUT2D eigenvalue weighted by atomic mass is 35.5. The SMILES string of the molecule is O=C(Nc1ccc(N=Cc2c(O)cccc2Cl)cc1)c1ccc(F)cc1. The average molecular weight is 369 g/mol. The Morgan fingerprint density at radius 1 is 1.04 bits per heavy atom. The minimum absolute atomic E-state index is 0.0458. The lowest BCUT2D eigenvalue weighted by Gasteiger charge is -2.05. The van der Waals surface area contributed by atoms with Crippen LogP contribution in [0.4, 0.5) is 15.8 Å². The topological polar surface area (TPSA) is 61.7 Å². The molecule has 26 heavy (non-hydrogen) atoms. The van der Waals surface area contributed by atoms with Crippen LogP contribution < -0.4 is 5.32 Å². The van der Waals surface area contributed by atoms with Crippen molar-refractivity contribution in [3.05, 3.63) is 88.7 Å². The Bertz CT molecular complexity index is 934. The molecular weight excluding hydrogens is 355 g/mol. The molecule has 0 unspecified atom stereocenters. The number of hydrogen-bond donors (Lipinski definition) is 2. The Morgan fingerprint density at radius 3 is 2.38 bits per heavy atom. The molecule has 0 heterocycles. The molecule has 3 aromatic carbocycles. The Labute approximate surface area is 154 Å². The van der Waals surface area contributed by atoms with E-state index in [1.54, 1.807) is 36.4 Å². The average Bonchev–Trinajstić information content (AvgIpc) is 2.63. The molecule has 0 radical (unpaired) electrons. The van der Waals surface area contributed by atoms with Crippen LogP contribution in [0.5, 0.6) is 5.75 Å². The second kappa shape index (κ2) is 7.80. The fourth-order valence-corrected chi connectivity index (χ4v) is 2.45. The van der Waals surface area contributed by atoms with E-state index in [0.29, 0.717) is 27.5 Å². The second-order valence-corrected chi connectivity index (χ2v) is 5.85. The van der Waals surface area contributed by atoms with Crippen molar-refractivity contribution in [1.82, 2.24) is 0 Å². The number of aromatic hydroxyl groups is 1. The highest BCUT2D eigenvalue weighted by Gasteiger charge is 2.06. The van der Waals surface area contributed by atoms with Gasteiger partial charge in [0.05, 0.1) is 16.3 Å². The van der Waals surface area contributed by atoms with Crippen LogP contribution in [0.15, 0.2) is 71.7 Å². The van der Waals surface area contributed by atoms with Crippen molar-refractivity contribution in [3.8, 4) is 5.75 Å². The van der Waals surface area contributed by atoms with Gasteiger partial charge in [-0.15, -0.1) is 0 Å². The van der Waals surface area contributed by atoms with Gasteiger partial charge in [-0.1, -0.05) is 17.7 Å². The molecule has 6 heteroatoms. The summed E-state index contributed by atoms with van der Waals surface area (Å²) in [5.74, 6) is -0.681. The second-order valence-electron chi connectivity index (χ2n) is 5.44. The molecule has 3 aromatic rings. The number of rotatable bonds is 4. The van der Waals surface area contributed by atoms with E-state index in [1.165, 1.54) is 36.5 Å². The Morgan fingerprint density at radius 2 is 1.73 bits per heavy atom. The molecule has 0 bridgehead atoms. The van der Waals surface area contributed by atoms with Gasteiger partial charge in [-0.25, -0.2) is 4.39 Å². The number of aliphatic imine (C=N–C) groups is 1. The third-order valence-corrected chi connectivity index (χ3v) is 3.93. The minimum Gasteiger partial charge on any atom is -0.507 e. The van der Waals surface area contributed by atoms with E-state index in [4.69, 9.17) is 11.6 Å². The first-order valence-electron chi connectivity index (χ1n) is 7.71. The van der Waals surface area contributed by atoms with Gasteiger partial charge in [0.2, 0.25) is 0 Å². The van der Waals surface area contributed by atoms with Crippen molar-refractivity contribution in [2.24, 2.45) is 4.99 Å². The molecule has 0 atom stereocenters. The van der Waals surface area contributed by atoms with Crippen molar-refractivity contribution in [3.63, 3.8) is 0 Å². The molecule has 3 rings (SSSR count). The smallest absolute Gasteiger partial charge is 0.255 e. The fourth-order valence-electron chi connectivity index (χ4n) is 2.23. The van der Waals surface area contributed by atoms with Crippen LogP contribution in [0, 0.1) is 5.82 Å². The number of hydrogen-bond acceptors (Lipinski definition) is 3. The number of halogens is 2. The zero-order valence-corrected chi connectivity index (χ0v) is 14.2. The summed E-state index contributed by atoms with van der Waals surface area (Å²) in [4.78, 5) is 16.4. The first-order chi connectivity index (χ1) is 12.5. The van der Waals surface area contributed by atoms with Crippen molar-refractivity contribution in [2.45, 2.75) is 0 Å². The summed E-state index contributed by atoms with van der Waals surface area (Å²) in [5.41, 5.74) is 2.01. The third-order valence-electron chi connectivity index (χ3n) is 3.60. The third kappa shape index (κ3) is 4.26. The minimum atomic E-state index is -0.395. The van der Waals surface area contributed by atoms with E-state index < -0.39 is 5.82 Å². The van der Waals surface area contributed by atoms with Crippen molar-refractivity contribution < 1.29 is 14.3 Å². The van der Waals surface area contributed by atoms with Gasteiger partial charge in [0, 0.05) is 17.5 Å². The van der Waals surface area contributed by atoms with Gasteiger partial charge in [0.25, 0.3) is 5.91 Å². The van der Waals surface area contributed by atoms with Crippen LogP contribution in [-0.4, -0.2) is 17.2 Å². The Balaban J connectivity index is 1.69. The molecule has 0 saturated carbocycles. The molecule has 0 aliphatic rings. The van der Waals surface area contributed by atoms with E-state index in [1.807, 2.05) is 0 Å². The molecule has 130 valence electrons. The van der Waals surface area contributed by atoms with Gasteiger partial charge in [-0.2, -0.15) is 0 Å². The van der Waals surface area contributed by atoms with E-state index >= 15 is 0 Å². The maximum atomic E-state index is 12.9. The molecule has 0 aliphatic carbocycles. The Kier molecular flexibility index (Phi) is 5.29. The lowest BCUT2D eigenvalue weighted by molar-refractivity contribution is 0.102. The molecule has 0 fully saturated rings. The van der Waals surface area contributed by atoms with Crippen molar-refractivity contribution in [1.29, 1.82) is 0 Å². The van der Waals surface area contributed by atoms with E-state index in [2.05, 4.69) is 10.3 Å². The number of anilines is 1. The Hall–Kier alpha value is -3.18. The lowest BCUT2D eigenvalue weighted by atomic mass is 10.2. The lowest BCUT2D eigenvalue weighted by Crippen LogP contribution is -2.11. The zero-order valence-electron chi connectivity index (χ0n) is 13.5.